The SMILES string of the molecule is N#Cc1c(-n2c3ccccc3c3ccccc32)c(N2c3ccccc3C3C=CC=CC32)nc(-n2c3ccccc3c3ccccc32)c1-n1c2ccccc2c2ccccc21. The Bertz CT molecular complexity index is 3560. The lowest BCUT2D eigenvalue weighted by atomic mass is 9.91. The molecule has 60 heavy (non-hydrogen) atoms. The summed E-state index contributed by atoms with van der Waals surface area (Å²) in [6.07, 6.45) is 8.88. The third kappa shape index (κ3) is 4.33. The van der Waals surface area contributed by atoms with Crippen molar-refractivity contribution >= 4 is 76.9 Å². The summed E-state index contributed by atoms with van der Waals surface area (Å²) in [6, 6.07) is 62.8. The van der Waals surface area contributed by atoms with Gasteiger partial charge in [0.05, 0.1) is 39.1 Å². The number of aromatic nitrogens is 4. The van der Waals surface area contributed by atoms with Gasteiger partial charge in [-0.25, -0.2) is 4.98 Å². The second kappa shape index (κ2) is 12.4. The van der Waals surface area contributed by atoms with Crippen LogP contribution in [-0.2, 0) is 0 Å². The van der Waals surface area contributed by atoms with Gasteiger partial charge in [-0.1, -0.05) is 152 Å². The number of fused-ring (bicyclic) bond motifs is 12. The van der Waals surface area contributed by atoms with Gasteiger partial charge in [-0.2, -0.15) is 5.26 Å². The molecule has 0 radical (unpaired) electrons. The predicted molar refractivity (Wildman–Crippen MR) is 245 cm³/mol. The summed E-state index contributed by atoms with van der Waals surface area (Å²) in [7, 11) is 0. The Morgan fingerprint density at radius 3 is 1.27 bits per heavy atom. The quantitative estimate of drug-likeness (QED) is 0.179. The first-order valence-corrected chi connectivity index (χ1v) is 20.5. The molecule has 2 aliphatic rings. The van der Waals surface area contributed by atoms with E-state index >= 15 is 0 Å². The highest BCUT2D eigenvalue weighted by molar-refractivity contribution is 6.13. The largest absolute Gasteiger partial charge is 0.316 e. The third-order valence-electron chi connectivity index (χ3n) is 12.8. The zero-order valence-corrected chi connectivity index (χ0v) is 32.3. The fraction of sp³-hybridized carbons (Fsp3) is 0.0370. The van der Waals surface area contributed by atoms with Crippen molar-refractivity contribution in [3.8, 4) is 23.3 Å². The second-order valence-electron chi connectivity index (χ2n) is 15.8. The first kappa shape index (κ1) is 32.9. The van der Waals surface area contributed by atoms with E-state index in [4.69, 9.17) is 4.98 Å². The van der Waals surface area contributed by atoms with E-state index in [1.165, 1.54) is 5.56 Å². The number of hydrogen-bond acceptors (Lipinski definition) is 3. The molecule has 0 amide bonds. The van der Waals surface area contributed by atoms with Crippen molar-refractivity contribution in [3.63, 3.8) is 0 Å². The van der Waals surface area contributed by atoms with Gasteiger partial charge in [0.15, 0.2) is 11.6 Å². The molecule has 1 aliphatic carbocycles. The zero-order valence-electron chi connectivity index (χ0n) is 32.3. The minimum absolute atomic E-state index is 0.0663. The Labute approximate surface area is 345 Å². The Balaban J connectivity index is 1.30. The van der Waals surface area contributed by atoms with E-state index in [0.29, 0.717) is 11.4 Å². The van der Waals surface area contributed by atoms with E-state index in [1.807, 2.05) is 0 Å². The monoisotopic (exact) mass is 766 g/mol. The summed E-state index contributed by atoms with van der Waals surface area (Å²) in [4.78, 5) is 8.47. The minimum atomic E-state index is -0.0663. The summed E-state index contributed by atoms with van der Waals surface area (Å²) in [6.45, 7) is 0. The molecule has 1 aliphatic heterocycles. The molecule has 0 bridgehead atoms. The summed E-state index contributed by atoms with van der Waals surface area (Å²) in [5, 5.41) is 18.9. The fourth-order valence-corrected chi connectivity index (χ4v) is 10.4. The van der Waals surface area contributed by atoms with Crippen LogP contribution in [0.2, 0.25) is 0 Å². The van der Waals surface area contributed by atoms with Crippen molar-refractivity contribution in [2.24, 2.45) is 0 Å². The van der Waals surface area contributed by atoms with Gasteiger partial charge in [-0.3, -0.25) is 4.57 Å². The van der Waals surface area contributed by atoms with Gasteiger partial charge in [0, 0.05) is 43.9 Å². The highest BCUT2D eigenvalue weighted by Crippen LogP contribution is 2.52. The number of pyridine rings is 1. The maximum absolute atomic E-state index is 12.2. The Hall–Kier alpha value is -8.14. The van der Waals surface area contributed by atoms with Crippen molar-refractivity contribution in [1.82, 2.24) is 18.7 Å². The molecule has 7 aromatic carbocycles. The molecule has 11 aromatic rings. The van der Waals surface area contributed by atoms with E-state index < -0.39 is 0 Å². The van der Waals surface area contributed by atoms with Crippen molar-refractivity contribution in [1.29, 1.82) is 5.26 Å². The Morgan fingerprint density at radius 1 is 0.417 bits per heavy atom. The number of allylic oxidation sites excluding steroid dienone is 2. The van der Waals surface area contributed by atoms with Crippen molar-refractivity contribution in [2.75, 3.05) is 4.90 Å². The number of benzene rings is 7. The van der Waals surface area contributed by atoms with E-state index in [9.17, 15) is 5.26 Å². The van der Waals surface area contributed by atoms with E-state index in [0.717, 1.165) is 88.3 Å². The minimum Gasteiger partial charge on any atom is -0.316 e. The fourth-order valence-electron chi connectivity index (χ4n) is 10.4. The number of para-hydroxylation sites is 7. The molecule has 4 aromatic heterocycles. The van der Waals surface area contributed by atoms with Crippen LogP contribution in [0.1, 0.15) is 17.0 Å². The first-order chi connectivity index (χ1) is 29.8. The maximum Gasteiger partial charge on any atom is 0.166 e. The number of anilines is 2. The van der Waals surface area contributed by atoms with Crippen molar-refractivity contribution < 1.29 is 0 Å². The van der Waals surface area contributed by atoms with Crippen LogP contribution in [0.3, 0.4) is 0 Å². The molecule has 0 saturated heterocycles. The molecule has 6 nitrogen and oxygen atoms in total. The molecule has 13 rings (SSSR count). The van der Waals surface area contributed by atoms with Gasteiger partial charge in [0.25, 0.3) is 0 Å². The molecule has 2 atom stereocenters. The maximum atomic E-state index is 12.2. The summed E-state index contributed by atoms with van der Waals surface area (Å²) in [5.74, 6) is 1.52. The standard InChI is InChI=1S/C54H34N6/c55-33-42-51(57-43-25-9-1-17-34(43)35-18-2-10-26-44(35)57)53(59-47-29-13-5-21-38(47)39-22-6-14-30-48(39)59)56-54(60-49-31-15-7-23-40(49)41-24-8-16-32-50(41)60)52(42)58-45-27-11-3-19-36(45)37-20-4-12-28-46(37)58/h1-32,38,47H. The molecule has 6 heteroatoms. The van der Waals surface area contributed by atoms with Gasteiger partial charge < -0.3 is 14.0 Å². The van der Waals surface area contributed by atoms with Crippen molar-refractivity contribution in [3.05, 3.63) is 205 Å². The average Bonchev–Trinajstić information content (AvgIpc) is 4.04. The van der Waals surface area contributed by atoms with Crippen molar-refractivity contribution in [2.45, 2.75) is 12.0 Å². The number of hydrogen-bond donors (Lipinski definition) is 0. The zero-order chi connectivity index (χ0) is 39.5. The number of rotatable bonds is 4. The highest BCUT2D eigenvalue weighted by atomic mass is 15.3. The highest BCUT2D eigenvalue weighted by Gasteiger charge is 2.41. The molecule has 5 heterocycles. The van der Waals surface area contributed by atoms with Gasteiger partial charge in [-0.05, 0) is 48.0 Å². The topological polar surface area (TPSA) is 54.7 Å². The molecular formula is C54H34N6. The summed E-state index contributed by atoms with van der Waals surface area (Å²) in [5.41, 5.74) is 10.4. The first-order valence-electron chi connectivity index (χ1n) is 20.5. The third-order valence-corrected chi connectivity index (χ3v) is 12.8. The smallest absolute Gasteiger partial charge is 0.166 e. The second-order valence-corrected chi connectivity index (χ2v) is 15.8. The summed E-state index contributed by atoms with van der Waals surface area (Å²) < 4.78 is 6.89. The molecule has 2 unspecified atom stereocenters. The van der Waals surface area contributed by atoms with Gasteiger partial charge in [-0.15, -0.1) is 0 Å². The van der Waals surface area contributed by atoms with Crippen LogP contribution < -0.4 is 4.90 Å². The lowest BCUT2D eigenvalue weighted by Crippen LogP contribution is -2.31. The molecule has 0 saturated carbocycles. The van der Waals surface area contributed by atoms with E-state index in [-0.39, 0.29) is 12.0 Å². The van der Waals surface area contributed by atoms with E-state index in [1.54, 1.807) is 0 Å². The predicted octanol–water partition coefficient (Wildman–Crippen LogP) is 13.0. The van der Waals surface area contributed by atoms with Crippen LogP contribution in [0.4, 0.5) is 11.5 Å². The van der Waals surface area contributed by atoms with Gasteiger partial charge in [0.1, 0.15) is 23.0 Å². The van der Waals surface area contributed by atoms with Crippen LogP contribution in [0.25, 0.3) is 82.6 Å². The van der Waals surface area contributed by atoms with Gasteiger partial charge in [0.2, 0.25) is 0 Å². The van der Waals surface area contributed by atoms with Crippen LogP contribution in [0.5, 0.6) is 0 Å². The van der Waals surface area contributed by atoms with Crippen LogP contribution in [-0.4, -0.2) is 24.7 Å². The lowest BCUT2D eigenvalue weighted by molar-refractivity contribution is 0.735. The Morgan fingerprint density at radius 2 is 0.800 bits per heavy atom. The van der Waals surface area contributed by atoms with Crippen LogP contribution >= 0.6 is 0 Å². The van der Waals surface area contributed by atoms with Crippen LogP contribution in [0, 0.1) is 11.3 Å². The molecule has 0 fully saturated rings. The summed E-state index contributed by atoms with van der Waals surface area (Å²) >= 11 is 0. The average molecular weight is 767 g/mol. The van der Waals surface area contributed by atoms with Crippen LogP contribution in [0.15, 0.2) is 194 Å². The number of nitriles is 1. The van der Waals surface area contributed by atoms with E-state index in [2.05, 4.69) is 219 Å². The normalized spacial score (nSPS) is 15.8. The lowest BCUT2D eigenvalue weighted by Gasteiger charge is -2.32. The molecule has 0 N–H and O–H groups in total. The molecule has 0 spiro atoms. The molecule has 280 valence electrons. The Kier molecular flexibility index (Phi) is 6.81. The van der Waals surface area contributed by atoms with Gasteiger partial charge >= 0.3 is 0 Å². The molecular weight excluding hydrogens is 733 g/mol. The number of nitrogens with zero attached hydrogens (tertiary/aromatic N) is 6.